The Labute approximate surface area is 158 Å². The first-order valence-corrected chi connectivity index (χ1v) is 9.61. The third kappa shape index (κ3) is 4.37. The van der Waals surface area contributed by atoms with E-state index in [2.05, 4.69) is 16.0 Å². The molecule has 0 aromatic heterocycles. The van der Waals surface area contributed by atoms with Crippen LogP contribution in [0, 0.1) is 10.1 Å². The fourth-order valence-corrected chi connectivity index (χ4v) is 3.58. The lowest BCUT2D eigenvalue weighted by Gasteiger charge is -2.36. The Hall–Kier alpha value is -2.64. The third-order valence-corrected chi connectivity index (χ3v) is 5.23. The number of rotatable bonds is 7. The maximum absolute atomic E-state index is 12.8. The van der Waals surface area contributed by atoms with Crippen LogP contribution in [0.5, 0.6) is 0 Å². The van der Waals surface area contributed by atoms with Gasteiger partial charge in [0.1, 0.15) is 11.2 Å². The van der Waals surface area contributed by atoms with Crippen molar-refractivity contribution in [3.63, 3.8) is 0 Å². The van der Waals surface area contributed by atoms with Gasteiger partial charge < -0.3 is 16.0 Å². The van der Waals surface area contributed by atoms with E-state index in [1.54, 1.807) is 12.1 Å². The fourth-order valence-electron chi connectivity index (χ4n) is 3.58. The van der Waals surface area contributed by atoms with Gasteiger partial charge in [-0.1, -0.05) is 19.3 Å². The lowest BCUT2D eigenvalue weighted by Crippen LogP contribution is -2.59. The molecule has 3 rings (SSSR count). The number of benzene rings is 1. The Morgan fingerprint density at radius 3 is 2.52 bits per heavy atom. The number of carbonyl (C=O) groups is 2. The van der Waals surface area contributed by atoms with Gasteiger partial charge in [-0.15, -0.1) is 0 Å². The molecule has 2 fully saturated rings. The summed E-state index contributed by atoms with van der Waals surface area (Å²) < 4.78 is 0. The van der Waals surface area contributed by atoms with Gasteiger partial charge in [-0.25, -0.2) is 0 Å². The first kappa shape index (κ1) is 19.1. The summed E-state index contributed by atoms with van der Waals surface area (Å²) in [6.07, 6.45) is 5.90. The molecule has 27 heavy (non-hydrogen) atoms. The number of hydrogen-bond acceptors (Lipinski definition) is 5. The summed E-state index contributed by atoms with van der Waals surface area (Å²) in [7, 11) is 0. The number of likely N-dealkylation sites (N-methyl/N-ethyl adjacent to an activating group) is 1. The molecule has 0 heterocycles. The van der Waals surface area contributed by atoms with Crippen LogP contribution in [0.25, 0.3) is 0 Å². The smallest absolute Gasteiger partial charge is 0.293 e. The average molecular weight is 374 g/mol. The first-order chi connectivity index (χ1) is 12.9. The number of anilines is 1. The molecule has 8 nitrogen and oxygen atoms in total. The van der Waals surface area contributed by atoms with Gasteiger partial charge >= 0.3 is 0 Å². The van der Waals surface area contributed by atoms with Crippen LogP contribution in [-0.4, -0.2) is 34.9 Å². The lowest BCUT2D eigenvalue weighted by atomic mass is 9.80. The van der Waals surface area contributed by atoms with E-state index < -0.39 is 16.4 Å². The van der Waals surface area contributed by atoms with Crippen molar-refractivity contribution in [3.8, 4) is 0 Å². The molecule has 0 bridgehead atoms. The van der Waals surface area contributed by atoms with Crippen LogP contribution in [0.2, 0.25) is 0 Å². The number of carbonyl (C=O) groups excluding carboxylic acids is 2. The average Bonchev–Trinajstić information content (AvgIpc) is 3.46. The van der Waals surface area contributed by atoms with E-state index in [4.69, 9.17) is 0 Å². The molecule has 0 atom stereocenters. The van der Waals surface area contributed by atoms with Crippen molar-refractivity contribution in [2.24, 2.45) is 0 Å². The maximum atomic E-state index is 12.8. The van der Waals surface area contributed by atoms with Gasteiger partial charge in [0, 0.05) is 24.2 Å². The maximum Gasteiger partial charge on any atom is 0.293 e. The normalized spacial score (nSPS) is 18.4. The molecule has 3 N–H and O–H groups in total. The van der Waals surface area contributed by atoms with E-state index >= 15 is 0 Å². The minimum Gasteiger partial charge on any atom is -0.377 e. The number of nitro groups is 1. The zero-order valence-corrected chi connectivity index (χ0v) is 15.5. The summed E-state index contributed by atoms with van der Waals surface area (Å²) in [6.45, 7) is 2.33. The zero-order chi connectivity index (χ0) is 19.4. The first-order valence-electron chi connectivity index (χ1n) is 9.61. The quantitative estimate of drug-likeness (QED) is 0.502. The molecule has 1 aromatic rings. The number of nitrogens with zero attached hydrogens (tertiary/aromatic N) is 1. The van der Waals surface area contributed by atoms with E-state index in [0.717, 1.165) is 32.1 Å². The molecular formula is C19H26N4O4. The molecular weight excluding hydrogens is 348 g/mol. The van der Waals surface area contributed by atoms with Gasteiger partial charge in [-0.3, -0.25) is 19.7 Å². The van der Waals surface area contributed by atoms with E-state index in [9.17, 15) is 19.7 Å². The monoisotopic (exact) mass is 374 g/mol. The van der Waals surface area contributed by atoms with Crippen molar-refractivity contribution in [1.82, 2.24) is 10.6 Å². The Morgan fingerprint density at radius 2 is 1.93 bits per heavy atom. The molecule has 146 valence electrons. The van der Waals surface area contributed by atoms with E-state index in [-0.39, 0.29) is 23.2 Å². The molecule has 0 radical (unpaired) electrons. The molecule has 2 amide bonds. The predicted molar refractivity (Wildman–Crippen MR) is 102 cm³/mol. The SMILES string of the molecule is CCNC(=O)C1(NC(=O)c2ccc(NC3CC3)c([N+](=O)[O-])c2)CCCCC1. The minimum atomic E-state index is -0.939. The Morgan fingerprint density at radius 1 is 1.22 bits per heavy atom. The van der Waals surface area contributed by atoms with E-state index in [1.807, 2.05) is 6.92 Å². The van der Waals surface area contributed by atoms with Crippen molar-refractivity contribution < 1.29 is 14.5 Å². The second-order valence-corrected chi connectivity index (χ2v) is 7.36. The Bertz CT molecular complexity index is 739. The van der Waals surface area contributed by atoms with Crippen LogP contribution in [0.4, 0.5) is 11.4 Å². The molecule has 0 unspecified atom stereocenters. The second-order valence-electron chi connectivity index (χ2n) is 7.36. The molecule has 0 spiro atoms. The third-order valence-electron chi connectivity index (χ3n) is 5.23. The molecule has 0 saturated heterocycles. The summed E-state index contributed by atoms with van der Waals surface area (Å²) in [5, 5.41) is 20.2. The molecule has 0 aliphatic heterocycles. The summed E-state index contributed by atoms with van der Waals surface area (Å²) in [5.74, 6) is -0.635. The topological polar surface area (TPSA) is 113 Å². The highest BCUT2D eigenvalue weighted by molar-refractivity contribution is 6.00. The highest BCUT2D eigenvalue weighted by atomic mass is 16.6. The molecule has 2 aliphatic rings. The zero-order valence-electron chi connectivity index (χ0n) is 15.5. The molecule has 8 heteroatoms. The van der Waals surface area contributed by atoms with Gasteiger partial charge in [0.15, 0.2) is 0 Å². The van der Waals surface area contributed by atoms with Gasteiger partial charge in [-0.2, -0.15) is 0 Å². The largest absolute Gasteiger partial charge is 0.377 e. The lowest BCUT2D eigenvalue weighted by molar-refractivity contribution is -0.384. The van der Waals surface area contributed by atoms with Crippen molar-refractivity contribution in [2.75, 3.05) is 11.9 Å². The van der Waals surface area contributed by atoms with Crippen molar-refractivity contribution in [3.05, 3.63) is 33.9 Å². The highest BCUT2D eigenvalue weighted by Gasteiger charge is 2.41. The van der Waals surface area contributed by atoms with Crippen LogP contribution >= 0.6 is 0 Å². The van der Waals surface area contributed by atoms with Crippen LogP contribution in [0.1, 0.15) is 62.2 Å². The van der Waals surface area contributed by atoms with Gasteiger partial charge in [0.25, 0.3) is 11.6 Å². The standard InChI is InChI=1S/C19H26N4O4/c1-2-20-18(25)19(10-4-3-5-11-19)22-17(24)13-6-9-15(21-14-7-8-14)16(12-13)23(26)27/h6,9,12,14,21H,2-5,7-8,10-11H2,1H3,(H,20,25)(H,22,24). The summed E-state index contributed by atoms with van der Waals surface area (Å²) in [5.41, 5.74) is -0.442. The minimum absolute atomic E-state index is 0.120. The van der Waals surface area contributed by atoms with Crippen LogP contribution in [0.15, 0.2) is 18.2 Å². The molecule has 2 aliphatic carbocycles. The number of amides is 2. The van der Waals surface area contributed by atoms with Crippen molar-refractivity contribution in [2.45, 2.75) is 63.5 Å². The van der Waals surface area contributed by atoms with Crippen LogP contribution < -0.4 is 16.0 Å². The van der Waals surface area contributed by atoms with Crippen molar-refractivity contribution in [1.29, 1.82) is 0 Å². The predicted octanol–water partition coefficient (Wildman–Crippen LogP) is 2.74. The van der Waals surface area contributed by atoms with E-state index in [0.29, 0.717) is 25.1 Å². The number of nitro benzene ring substituents is 1. The number of hydrogen-bond donors (Lipinski definition) is 3. The number of nitrogens with one attached hydrogen (secondary N) is 3. The second kappa shape index (κ2) is 7.94. The fraction of sp³-hybridized carbons (Fsp3) is 0.579. The van der Waals surface area contributed by atoms with Gasteiger partial charge in [0.2, 0.25) is 5.91 Å². The van der Waals surface area contributed by atoms with Crippen molar-refractivity contribution >= 4 is 23.2 Å². The van der Waals surface area contributed by atoms with Crippen LogP contribution in [-0.2, 0) is 4.79 Å². The molecule has 1 aromatic carbocycles. The summed E-state index contributed by atoms with van der Waals surface area (Å²) >= 11 is 0. The summed E-state index contributed by atoms with van der Waals surface area (Å²) in [4.78, 5) is 36.3. The Kier molecular flexibility index (Phi) is 5.62. The molecule has 2 saturated carbocycles. The van der Waals surface area contributed by atoms with Gasteiger partial charge in [-0.05, 0) is 44.7 Å². The highest BCUT2D eigenvalue weighted by Crippen LogP contribution is 2.32. The van der Waals surface area contributed by atoms with E-state index in [1.165, 1.54) is 6.07 Å². The summed E-state index contributed by atoms with van der Waals surface area (Å²) in [6, 6.07) is 4.70. The Balaban J connectivity index is 1.82. The van der Waals surface area contributed by atoms with Crippen LogP contribution in [0.3, 0.4) is 0 Å². The van der Waals surface area contributed by atoms with Gasteiger partial charge in [0.05, 0.1) is 4.92 Å².